The Morgan fingerprint density at radius 3 is 2.86 bits per heavy atom. The van der Waals surface area contributed by atoms with E-state index in [4.69, 9.17) is 11.6 Å². The van der Waals surface area contributed by atoms with E-state index in [0.29, 0.717) is 15.6 Å². The van der Waals surface area contributed by atoms with E-state index in [1.54, 1.807) is 12.1 Å². The van der Waals surface area contributed by atoms with Gasteiger partial charge in [-0.25, -0.2) is 4.79 Å². The van der Waals surface area contributed by atoms with Crippen molar-refractivity contribution in [1.82, 2.24) is 10.2 Å². The Bertz CT molecular complexity index is 644. The zero-order valence-corrected chi connectivity index (χ0v) is 13.8. The molecule has 2 fully saturated rings. The van der Waals surface area contributed by atoms with E-state index in [0.717, 1.165) is 35.5 Å². The number of urea groups is 1. The van der Waals surface area contributed by atoms with Gasteiger partial charge in [0.05, 0.1) is 15.8 Å². The van der Waals surface area contributed by atoms with Crippen LogP contribution in [0.2, 0.25) is 4.34 Å². The summed E-state index contributed by atoms with van der Waals surface area (Å²) < 4.78 is 0.512. The number of Topliss-reactive ketones (excluding diaryl/α,β-unsaturated/α-hetero) is 1. The largest absolute Gasteiger partial charge is 0.325 e. The summed E-state index contributed by atoms with van der Waals surface area (Å²) in [6, 6.07) is 2.79. The molecule has 5 nitrogen and oxygen atoms in total. The summed E-state index contributed by atoms with van der Waals surface area (Å²) in [7, 11) is 0. The predicted octanol–water partition coefficient (Wildman–Crippen LogP) is 3.08. The molecule has 2 atom stereocenters. The first-order chi connectivity index (χ1) is 10.4. The molecule has 3 amide bonds. The fourth-order valence-electron chi connectivity index (χ4n) is 3.32. The van der Waals surface area contributed by atoms with Gasteiger partial charge >= 0.3 is 6.03 Å². The minimum atomic E-state index is -0.817. The lowest BCUT2D eigenvalue weighted by atomic mass is 9.73. The van der Waals surface area contributed by atoms with Gasteiger partial charge in [0, 0.05) is 0 Å². The SMILES string of the molecule is CC1CCCCC12NC(=O)N(CC(=O)c1ccc(Cl)s1)C2=O. The van der Waals surface area contributed by atoms with Crippen LogP contribution in [0.5, 0.6) is 0 Å². The first-order valence-corrected chi connectivity index (χ1v) is 8.56. The lowest BCUT2D eigenvalue weighted by Crippen LogP contribution is -2.54. The Kier molecular flexibility index (Phi) is 3.99. The summed E-state index contributed by atoms with van der Waals surface area (Å²) in [4.78, 5) is 38.7. The van der Waals surface area contributed by atoms with Crippen molar-refractivity contribution in [3.8, 4) is 0 Å². The molecule has 22 heavy (non-hydrogen) atoms. The number of nitrogens with one attached hydrogen (secondary N) is 1. The maximum absolute atomic E-state index is 12.7. The van der Waals surface area contributed by atoms with Crippen LogP contribution in [-0.2, 0) is 4.79 Å². The summed E-state index contributed by atoms with van der Waals surface area (Å²) in [5, 5.41) is 2.84. The number of ketones is 1. The molecular weight excluding hydrogens is 324 g/mol. The fourth-order valence-corrected chi connectivity index (χ4v) is 4.30. The van der Waals surface area contributed by atoms with Crippen LogP contribution in [0.3, 0.4) is 0 Å². The smallest absolute Gasteiger partial charge is 0.323 e. The minimum absolute atomic E-state index is 0.0917. The molecule has 3 rings (SSSR count). The normalized spacial score (nSPS) is 28.3. The van der Waals surface area contributed by atoms with Crippen molar-refractivity contribution >= 4 is 40.7 Å². The molecule has 7 heteroatoms. The quantitative estimate of drug-likeness (QED) is 0.679. The zero-order chi connectivity index (χ0) is 15.9. The van der Waals surface area contributed by atoms with Gasteiger partial charge in [-0.3, -0.25) is 14.5 Å². The van der Waals surface area contributed by atoms with Gasteiger partial charge < -0.3 is 5.32 Å². The Labute approximate surface area is 137 Å². The number of carbonyl (C=O) groups excluding carboxylic acids is 3. The first-order valence-electron chi connectivity index (χ1n) is 7.37. The molecular formula is C15H17ClN2O3S. The topological polar surface area (TPSA) is 66.5 Å². The number of nitrogens with zero attached hydrogens (tertiary/aromatic N) is 1. The molecule has 1 aromatic rings. The molecule has 1 aliphatic carbocycles. The predicted molar refractivity (Wildman–Crippen MR) is 84.3 cm³/mol. The van der Waals surface area contributed by atoms with E-state index in [9.17, 15) is 14.4 Å². The number of imide groups is 1. The Morgan fingerprint density at radius 2 is 2.23 bits per heavy atom. The second-order valence-corrected chi connectivity index (χ2v) is 7.68. The van der Waals surface area contributed by atoms with E-state index in [-0.39, 0.29) is 24.2 Å². The van der Waals surface area contributed by atoms with Crippen molar-refractivity contribution in [1.29, 1.82) is 0 Å². The number of halogens is 1. The molecule has 1 aromatic heterocycles. The van der Waals surface area contributed by atoms with Crippen molar-refractivity contribution < 1.29 is 14.4 Å². The highest BCUT2D eigenvalue weighted by atomic mass is 35.5. The molecule has 2 heterocycles. The van der Waals surface area contributed by atoms with Crippen molar-refractivity contribution in [2.45, 2.75) is 38.1 Å². The third-order valence-electron chi connectivity index (χ3n) is 4.65. The van der Waals surface area contributed by atoms with E-state index < -0.39 is 11.6 Å². The summed E-state index contributed by atoms with van der Waals surface area (Å²) in [6.45, 7) is 1.76. The Balaban J connectivity index is 1.79. The average molecular weight is 341 g/mol. The summed E-state index contributed by atoms with van der Waals surface area (Å²) in [5.74, 6) is -0.435. The van der Waals surface area contributed by atoms with Crippen LogP contribution in [0.15, 0.2) is 12.1 Å². The average Bonchev–Trinajstić information content (AvgIpc) is 3.01. The van der Waals surface area contributed by atoms with Gasteiger partial charge in [-0.15, -0.1) is 11.3 Å². The minimum Gasteiger partial charge on any atom is -0.323 e. The first kappa shape index (κ1) is 15.5. The monoisotopic (exact) mass is 340 g/mol. The molecule has 0 bridgehead atoms. The number of rotatable bonds is 3. The van der Waals surface area contributed by atoms with E-state index in [1.807, 2.05) is 6.92 Å². The Hall–Kier alpha value is -1.40. The molecule has 1 spiro atoms. The molecule has 118 valence electrons. The molecule has 0 radical (unpaired) electrons. The summed E-state index contributed by atoms with van der Waals surface area (Å²) in [6.07, 6.45) is 3.54. The number of hydrogen-bond acceptors (Lipinski definition) is 4. The van der Waals surface area contributed by atoms with Crippen LogP contribution >= 0.6 is 22.9 Å². The van der Waals surface area contributed by atoms with E-state index >= 15 is 0 Å². The van der Waals surface area contributed by atoms with Crippen molar-refractivity contribution in [2.75, 3.05) is 6.54 Å². The molecule has 1 saturated carbocycles. The highest BCUT2D eigenvalue weighted by Crippen LogP contribution is 2.38. The van der Waals surface area contributed by atoms with Crippen LogP contribution in [0, 0.1) is 5.92 Å². The van der Waals surface area contributed by atoms with Crippen molar-refractivity contribution in [2.24, 2.45) is 5.92 Å². The molecule has 2 unspecified atom stereocenters. The maximum atomic E-state index is 12.7. The summed E-state index contributed by atoms with van der Waals surface area (Å²) >= 11 is 6.98. The molecule has 1 aliphatic heterocycles. The van der Waals surface area contributed by atoms with Gasteiger partial charge in [-0.2, -0.15) is 0 Å². The van der Waals surface area contributed by atoms with Crippen molar-refractivity contribution in [3.05, 3.63) is 21.3 Å². The van der Waals surface area contributed by atoms with Crippen LogP contribution in [0.4, 0.5) is 4.79 Å². The molecule has 1 saturated heterocycles. The number of carbonyl (C=O) groups is 3. The number of hydrogen-bond donors (Lipinski definition) is 1. The van der Waals surface area contributed by atoms with E-state index in [2.05, 4.69) is 5.32 Å². The molecule has 2 aliphatic rings. The lowest BCUT2D eigenvalue weighted by molar-refractivity contribution is -0.133. The second kappa shape index (κ2) is 5.66. The zero-order valence-electron chi connectivity index (χ0n) is 12.2. The number of amides is 3. The third-order valence-corrected chi connectivity index (χ3v) is 5.92. The highest BCUT2D eigenvalue weighted by molar-refractivity contribution is 7.18. The van der Waals surface area contributed by atoms with Gasteiger partial charge in [0.1, 0.15) is 5.54 Å². The lowest BCUT2D eigenvalue weighted by Gasteiger charge is -2.36. The molecule has 0 aromatic carbocycles. The van der Waals surface area contributed by atoms with Crippen LogP contribution in [-0.4, -0.2) is 34.7 Å². The second-order valence-electron chi connectivity index (χ2n) is 5.97. The van der Waals surface area contributed by atoms with Crippen LogP contribution in [0.25, 0.3) is 0 Å². The third kappa shape index (κ3) is 2.44. The van der Waals surface area contributed by atoms with Gasteiger partial charge in [-0.05, 0) is 30.9 Å². The standard InChI is InChI=1S/C15H17ClN2O3S/c1-9-4-2-3-7-15(9)13(20)18(14(21)17-15)8-10(19)11-5-6-12(16)22-11/h5-6,9H,2-4,7-8H2,1H3,(H,17,21). The van der Waals surface area contributed by atoms with Crippen molar-refractivity contribution in [3.63, 3.8) is 0 Å². The van der Waals surface area contributed by atoms with E-state index in [1.165, 1.54) is 0 Å². The fraction of sp³-hybridized carbons (Fsp3) is 0.533. The summed E-state index contributed by atoms with van der Waals surface area (Å²) in [5.41, 5.74) is -0.817. The van der Waals surface area contributed by atoms with Crippen LogP contribution in [0.1, 0.15) is 42.3 Å². The number of thiophene rings is 1. The maximum Gasteiger partial charge on any atom is 0.325 e. The highest BCUT2D eigenvalue weighted by Gasteiger charge is 2.55. The van der Waals surface area contributed by atoms with Gasteiger partial charge in [0.2, 0.25) is 0 Å². The van der Waals surface area contributed by atoms with Gasteiger partial charge in [0.15, 0.2) is 5.78 Å². The van der Waals surface area contributed by atoms with Gasteiger partial charge in [-0.1, -0.05) is 31.4 Å². The molecule has 1 N–H and O–H groups in total. The Morgan fingerprint density at radius 1 is 1.45 bits per heavy atom. The van der Waals surface area contributed by atoms with Crippen LogP contribution < -0.4 is 5.32 Å². The van der Waals surface area contributed by atoms with Gasteiger partial charge in [0.25, 0.3) is 5.91 Å².